The Bertz CT molecular complexity index is 411. The van der Waals surface area contributed by atoms with E-state index < -0.39 is 0 Å². The molecule has 0 saturated carbocycles. The average Bonchev–Trinajstić information content (AvgIpc) is 2.87. The molecular weight excluding hydrogens is 226 g/mol. The summed E-state index contributed by atoms with van der Waals surface area (Å²) in [6, 6.07) is 8.60. The van der Waals surface area contributed by atoms with E-state index in [-0.39, 0.29) is 17.8 Å². The number of nitrogens with one attached hydrogen (secondary N) is 1. The van der Waals surface area contributed by atoms with Crippen molar-refractivity contribution < 1.29 is 9.53 Å². The Labute approximate surface area is 109 Å². The maximum atomic E-state index is 11.7. The largest absolute Gasteiger partial charge is 0.469 e. The minimum Gasteiger partial charge on any atom is -0.469 e. The van der Waals surface area contributed by atoms with Crippen LogP contribution in [-0.2, 0) is 9.53 Å². The van der Waals surface area contributed by atoms with Gasteiger partial charge in [0.25, 0.3) is 0 Å². The molecule has 1 heterocycles. The van der Waals surface area contributed by atoms with Crippen molar-refractivity contribution in [1.29, 1.82) is 0 Å². The first-order valence-corrected chi connectivity index (χ1v) is 6.52. The average molecular weight is 247 g/mol. The number of esters is 1. The smallest absolute Gasteiger partial charge is 0.310 e. The van der Waals surface area contributed by atoms with Crippen LogP contribution in [-0.4, -0.2) is 26.2 Å². The van der Waals surface area contributed by atoms with Crippen molar-refractivity contribution in [2.75, 3.05) is 20.2 Å². The molecule has 3 nitrogen and oxygen atoms in total. The minimum atomic E-state index is -0.113. The summed E-state index contributed by atoms with van der Waals surface area (Å²) in [5.41, 5.74) is 2.55. The van der Waals surface area contributed by atoms with E-state index in [9.17, 15) is 4.79 Å². The number of carbonyl (C=O) groups is 1. The molecule has 1 aromatic rings. The van der Waals surface area contributed by atoms with Crippen LogP contribution in [0.25, 0.3) is 0 Å². The Kier molecular flexibility index (Phi) is 4.02. The number of rotatable bonds is 3. The molecule has 0 amide bonds. The molecule has 0 spiro atoms. The Balaban J connectivity index is 2.17. The van der Waals surface area contributed by atoms with E-state index in [0.717, 1.165) is 6.54 Å². The van der Waals surface area contributed by atoms with Gasteiger partial charge in [0.2, 0.25) is 0 Å². The molecule has 1 aliphatic rings. The molecular formula is C15H21NO2. The molecule has 0 aliphatic carbocycles. The SMILES string of the molecule is COC(=O)C1CNCC1c1ccc(C(C)C)cc1. The summed E-state index contributed by atoms with van der Waals surface area (Å²) in [6.45, 7) is 5.93. The van der Waals surface area contributed by atoms with E-state index in [1.807, 2.05) is 0 Å². The topological polar surface area (TPSA) is 38.3 Å². The number of benzene rings is 1. The van der Waals surface area contributed by atoms with Gasteiger partial charge >= 0.3 is 5.97 Å². The molecule has 3 heteroatoms. The third kappa shape index (κ3) is 2.56. The van der Waals surface area contributed by atoms with Crippen LogP contribution >= 0.6 is 0 Å². The number of methoxy groups -OCH3 is 1. The first kappa shape index (κ1) is 13.1. The van der Waals surface area contributed by atoms with Crippen LogP contribution in [0, 0.1) is 5.92 Å². The Morgan fingerprint density at radius 2 is 1.94 bits per heavy atom. The lowest BCUT2D eigenvalue weighted by molar-refractivity contribution is -0.145. The van der Waals surface area contributed by atoms with Crippen molar-refractivity contribution in [1.82, 2.24) is 5.32 Å². The Morgan fingerprint density at radius 1 is 1.28 bits per heavy atom. The van der Waals surface area contributed by atoms with Gasteiger partial charge in [-0.15, -0.1) is 0 Å². The molecule has 0 radical (unpaired) electrons. The van der Waals surface area contributed by atoms with E-state index in [4.69, 9.17) is 4.74 Å². The zero-order valence-electron chi connectivity index (χ0n) is 11.3. The van der Waals surface area contributed by atoms with Gasteiger partial charge in [0.05, 0.1) is 13.0 Å². The van der Waals surface area contributed by atoms with Gasteiger partial charge in [-0.2, -0.15) is 0 Å². The zero-order valence-corrected chi connectivity index (χ0v) is 11.3. The third-order valence-electron chi connectivity index (χ3n) is 3.75. The van der Waals surface area contributed by atoms with Gasteiger partial charge in [0, 0.05) is 19.0 Å². The van der Waals surface area contributed by atoms with Crippen LogP contribution in [0.3, 0.4) is 0 Å². The van der Waals surface area contributed by atoms with Crippen molar-refractivity contribution in [3.05, 3.63) is 35.4 Å². The van der Waals surface area contributed by atoms with E-state index in [2.05, 4.69) is 43.4 Å². The fraction of sp³-hybridized carbons (Fsp3) is 0.533. The van der Waals surface area contributed by atoms with Crippen LogP contribution in [0.5, 0.6) is 0 Å². The zero-order chi connectivity index (χ0) is 13.1. The first-order valence-electron chi connectivity index (χ1n) is 6.52. The number of ether oxygens (including phenoxy) is 1. The van der Waals surface area contributed by atoms with Crippen molar-refractivity contribution in [2.24, 2.45) is 5.92 Å². The fourth-order valence-corrected chi connectivity index (χ4v) is 2.56. The lowest BCUT2D eigenvalue weighted by atomic mass is 9.88. The summed E-state index contributed by atoms with van der Waals surface area (Å²) in [5, 5.41) is 3.27. The highest BCUT2D eigenvalue weighted by Gasteiger charge is 2.34. The molecule has 1 N–H and O–H groups in total. The molecule has 98 valence electrons. The summed E-state index contributed by atoms with van der Waals surface area (Å²) in [4.78, 5) is 11.7. The number of hydrogen-bond donors (Lipinski definition) is 1. The summed E-state index contributed by atoms with van der Waals surface area (Å²) < 4.78 is 4.87. The monoisotopic (exact) mass is 247 g/mol. The van der Waals surface area contributed by atoms with Gasteiger partial charge in [0.15, 0.2) is 0 Å². The Morgan fingerprint density at radius 3 is 2.50 bits per heavy atom. The highest BCUT2D eigenvalue weighted by Crippen LogP contribution is 2.29. The molecule has 2 unspecified atom stereocenters. The summed E-state index contributed by atoms with van der Waals surface area (Å²) in [7, 11) is 1.46. The predicted octanol–water partition coefficient (Wildman–Crippen LogP) is 2.29. The lowest BCUT2D eigenvalue weighted by Crippen LogP contribution is -2.22. The second kappa shape index (κ2) is 5.53. The van der Waals surface area contributed by atoms with Crippen LogP contribution < -0.4 is 5.32 Å². The normalized spacial score (nSPS) is 23.3. The predicted molar refractivity (Wildman–Crippen MR) is 71.6 cm³/mol. The van der Waals surface area contributed by atoms with Gasteiger partial charge in [-0.1, -0.05) is 38.1 Å². The summed E-state index contributed by atoms with van der Waals surface area (Å²) >= 11 is 0. The van der Waals surface area contributed by atoms with Crippen LogP contribution in [0.1, 0.15) is 36.8 Å². The molecule has 1 fully saturated rings. The summed E-state index contributed by atoms with van der Waals surface area (Å²) in [5.74, 6) is 0.605. The van der Waals surface area contributed by atoms with Crippen molar-refractivity contribution in [3.63, 3.8) is 0 Å². The van der Waals surface area contributed by atoms with Crippen molar-refractivity contribution in [3.8, 4) is 0 Å². The second-order valence-corrected chi connectivity index (χ2v) is 5.22. The first-order chi connectivity index (χ1) is 8.63. The highest BCUT2D eigenvalue weighted by atomic mass is 16.5. The minimum absolute atomic E-state index is 0.0556. The maximum absolute atomic E-state index is 11.7. The van der Waals surface area contributed by atoms with Gasteiger partial charge in [0.1, 0.15) is 0 Å². The van der Waals surface area contributed by atoms with Gasteiger partial charge < -0.3 is 10.1 Å². The Hall–Kier alpha value is -1.35. The standard InChI is InChI=1S/C15H21NO2/c1-10(2)11-4-6-12(7-5-11)13-8-16-9-14(13)15(17)18-3/h4-7,10,13-14,16H,8-9H2,1-3H3. The van der Waals surface area contributed by atoms with Crippen molar-refractivity contribution in [2.45, 2.75) is 25.7 Å². The number of carbonyl (C=O) groups excluding carboxylic acids is 1. The van der Waals surface area contributed by atoms with Crippen molar-refractivity contribution >= 4 is 5.97 Å². The lowest BCUT2D eigenvalue weighted by Gasteiger charge is -2.17. The molecule has 0 aromatic heterocycles. The molecule has 2 atom stereocenters. The van der Waals surface area contributed by atoms with Gasteiger partial charge in [-0.3, -0.25) is 4.79 Å². The number of hydrogen-bond acceptors (Lipinski definition) is 3. The molecule has 1 aliphatic heterocycles. The second-order valence-electron chi connectivity index (χ2n) is 5.22. The maximum Gasteiger partial charge on any atom is 0.310 e. The van der Waals surface area contributed by atoms with Crippen LogP contribution in [0.15, 0.2) is 24.3 Å². The molecule has 2 rings (SSSR count). The van der Waals surface area contributed by atoms with E-state index in [1.165, 1.54) is 18.2 Å². The molecule has 1 aromatic carbocycles. The molecule has 18 heavy (non-hydrogen) atoms. The van der Waals surface area contributed by atoms with Crippen LogP contribution in [0.4, 0.5) is 0 Å². The van der Waals surface area contributed by atoms with Gasteiger partial charge in [-0.25, -0.2) is 0 Å². The third-order valence-corrected chi connectivity index (χ3v) is 3.75. The van der Waals surface area contributed by atoms with E-state index in [0.29, 0.717) is 12.5 Å². The summed E-state index contributed by atoms with van der Waals surface area (Å²) in [6.07, 6.45) is 0. The van der Waals surface area contributed by atoms with Crippen LogP contribution in [0.2, 0.25) is 0 Å². The van der Waals surface area contributed by atoms with Gasteiger partial charge in [-0.05, 0) is 17.0 Å². The van der Waals surface area contributed by atoms with E-state index in [1.54, 1.807) is 0 Å². The quantitative estimate of drug-likeness (QED) is 0.833. The molecule has 1 saturated heterocycles. The highest BCUT2D eigenvalue weighted by molar-refractivity contribution is 5.74. The fourth-order valence-electron chi connectivity index (χ4n) is 2.56. The molecule has 0 bridgehead atoms. The van der Waals surface area contributed by atoms with E-state index >= 15 is 0 Å².